The second kappa shape index (κ2) is 9.89. The maximum atomic E-state index is 11.5. The number of carbonyl (C=O) groups is 1. The summed E-state index contributed by atoms with van der Waals surface area (Å²) < 4.78 is 10.2. The highest BCUT2D eigenvalue weighted by atomic mass is 16.5. The molecule has 4 N–H and O–H groups in total. The van der Waals surface area contributed by atoms with Gasteiger partial charge in [-0.3, -0.25) is 4.79 Å². The van der Waals surface area contributed by atoms with Crippen LogP contribution in [0, 0.1) is 6.92 Å². The molecule has 0 aliphatic carbocycles. The molecule has 0 saturated heterocycles. The number of hydrogen-bond donors (Lipinski definition) is 3. The van der Waals surface area contributed by atoms with E-state index in [9.17, 15) is 9.90 Å². The van der Waals surface area contributed by atoms with Gasteiger partial charge in [-0.1, -0.05) is 19.1 Å². The molecule has 1 aromatic carbocycles. The van der Waals surface area contributed by atoms with Gasteiger partial charge in [0.05, 0.1) is 26.7 Å². The molecule has 0 bridgehead atoms. The minimum absolute atomic E-state index is 0.176. The number of aliphatic hydroxyl groups excluding tert-OH is 1. The molecule has 8 heteroatoms. The van der Waals surface area contributed by atoms with Crippen molar-refractivity contribution in [3.63, 3.8) is 0 Å². The number of ether oxygens (including phenoxy) is 2. The van der Waals surface area contributed by atoms with Crippen molar-refractivity contribution in [1.29, 1.82) is 0 Å². The molecule has 1 atom stereocenters. The van der Waals surface area contributed by atoms with Crippen LogP contribution in [-0.4, -0.2) is 47.9 Å². The summed E-state index contributed by atoms with van der Waals surface area (Å²) in [5.74, 6) is 1.13. The molecule has 1 heterocycles. The molecule has 0 saturated carbocycles. The van der Waals surface area contributed by atoms with Gasteiger partial charge in [-0.2, -0.15) is 4.98 Å². The molecule has 0 radical (unpaired) electrons. The molecule has 0 unspecified atom stereocenters. The number of benzene rings is 1. The zero-order chi connectivity index (χ0) is 20.7. The predicted octanol–water partition coefficient (Wildman–Crippen LogP) is 1.86. The Kier molecular flexibility index (Phi) is 7.57. The van der Waals surface area contributed by atoms with Gasteiger partial charge in [0.2, 0.25) is 5.95 Å². The Morgan fingerprint density at radius 2 is 2.07 bits per heavy atom. The fourth-order valence-electron chi connectivity index (χ4n) is 2.81. The van der Waals surface area contributed by atoms with Crippen LogP contribution in [0.2, 0.25) is 0 Å². The van der Waals surface area contributed by atoms with E-state index >= 15 is 0 Å². The minimum Gasteiger partial charge on any atom is -0.496 e. The van der Waals surface area contributed by atoms with Crippen molar-refractivity contribution in [3.8, 4) is 5.75 Å². The molecule has 0 spiro atoms. The van der Waals surface area contributed by atoms with E-state index in [0.717, 1.165) is 22.4 Å². The van der Waals surface area contributed by atoms with Gasteiger partial charge in [-0.15, -0.1) is 0 Å². The van der Waals surface area contributed by atoms with Crippen LogP contribution in [0.3, 0.4) is 0 Å². The van der Waals surface area contributed by atoms with Crippen LogP contribution in [0.15, 0.2) is 18.2 Å². The highest BCUT2D eigenvalue weighted by Gasteiger charge is 2.16. The molecule has 0 amide bonds. The highest BCUT2D eigenvalue weighted by Crippen LogP contribution is 2.27. The average molecular weight is 388 g/mol. The van der Waals surface area contributed by atoms with E-state index in [2.05, 4.69) is 15.3 Å². The van der Waals surface area contributed by atoms with Gasteiger partial charge in [-0.05, 0) is 30.5 Å². The Morgan fingerprint density at radius 1 is 1.32 bits per heavy atom. The summed E-state index contributed by atoms with van der Waals surface area (Å²) in [4.78, 5) is 20.1. The fraction of sp³-hybridized carbons (Fsp3) is 0.450. The van der Waals surface area contributed by atoms with Crippen LogP contribution in [-0.2, 0) is 22.4 Å². The Bertz CT molecular complexity index is 826. The zero-order valence-corrected chi connectivity index (χ0v) is 16.8. The molecular weight excluding hydrogens is 360 g/mol. The number of nitrogens with two attached hydrogens (primary N) is 1. The van der Waals surface area contributed by atoms with Crippen molar-refractivity contribution >= 4 is 17.7 Å². The van der Waals surface area contributed by atoms with E-state index in [4.69, 9.17) is 15.2 Å². The number of anilines is 2. The van der Waals surface area contributed by atoms with E-state index in [1.165, 1.54) is 7.11 Å². The van der Waals surface area contributed by atoms with Crippen molar-refractivity contribution in [3.05, 3.63) is 40.6 Å². The lowest BCUT2D eigenvalue weighted by Gasteiger charge is -2.17. The predicted molar refractivity (Wildman–Crippen MR) is 107 cm³/mol. The second-order valence-electron chi connectivity index (χ2n) is 6.51. The van der Waals surface area contributed by atoms with Gasteiger partial charge < -0.3 is 25.6 Å². The first-order valence-electron chi connectivity index (χ1n) is 9.15. The lowest BCUT2D eigenvalue weighted by atomic mass is 10.0. The van der Waals surface area contributed by atoms with Crippen molar-refractivity contribution in [2.75, 3.05) is 31.8 Å². The molecule has 2 aromatic rings. The van der Waals surface area contributed by atoms with Gasteiger partial charge in [0.15, 0.2) is 0 Å². The van der Waals surface area contributed by atoms with Crippen molar-refractivity contribution in [2.24, 2.45) is 0 Å². The van der Waals surface area contributed by atoms with Crippen molar-refractivity contribution in [1.82, 2.24) is 9.97 Å². The number of hydrogen-bond acceptors (Lipinski definition) is 8. The maximum Gasteiger partial charge on any atom is 0.309 e. The first kappa shape index (κ1) is 21.4. The van der Waals surface area contributed by atoms with E-state index < -0.39 is 6.10 Å². The Labute approximate surface area is 165 Å². The summed E-state index contributed by atoms with van der Waals surface area (Å²) in [6, 6.07) is 5.61. The third-order valence-electron chi connectivity index (χ3n) is 4.50. The van der Waals surface area contributed by atoms with Gasteiger partial charge in [0.1, 0.15) is 11.6 Å². The topological polar surface area (TPSA) is 120 Å². The fourth-order valence-corrected chi connectivity index (χ4v) is 2.81. The van der Waals surface area contributed by atoms with Gasteiger partial charge in [-0.25, -0.2) is 4.98 Å². The van der Waals surface area contributed by atoms with Crippen LogP contribution in [0.25, 0.3) is 0 Å². The molecule has 0 aliphatic heterocycles. The second-order valence-corrected chi connectivity index (χ2v) is 6.51. The van der Waals surface area contributed by atoms with Crippen LogP contribution < -0.4 is 15.8 Å². The molecule has 8 nitrogen and oxygen atoms in total. The zero-order valence-electron chi connectivity index (χ0n) is 16.8. The summed E-state index contributed by atoms with van der Waals surface area (Å²) >= 11 is 0. The van der Waals surface area contributed by atoms with Gasteiger partial charge in [0, 0.05) is 24.2 Å². The largest absolute Gasteiger partial charge is 0.496 e. The maximum absolute atomic E-state index is 11.5. The monoisotopic (exact) mass is 388 g/mol. The normalized spacial score (nSPS) is 11.8. The van der Waals surface area contributed by atoms with Gasteiger partial charge >= 0.3 is 5.97 Å². The number of rotatable bonds is 9. The Balaban J connectivity index is 2.32. The molecule has 28 heavy (non-hydrogen) atoms. The van der Waals surface area contributed by atoms with Crippen LogP contribution in [0.1, 0.15) is 35.7 Å². The lowest BCUT2D eigenvalue weighted by Crippen LogP contribution is -2.20. The van der Waals surface area contributed by atoms with Crippen molar-refractivity contribution in [2.45, 2.75) is 39.2 Å². The number of aromatic nitrogens is 2. The Morgan fingerprint density at radius 3 is 2.71 bits per heavy atom. The molecule has 1 aromatic heterocycles. The third kappa shape index (κ3) is 5.56. The quantitative estimate of drug-likeness (QED) is 0.557. The molecular formula is C20H28N4O4. The lowest BCUT2D eigenvalue weighted by molar-refractivity contribution is -0.139. The third-order valence-corrected chi connectivity index (χ3v) is 4.50. The van der Waals surface area contributed by atoms with E-state index in [-0.39, 0.29) is 18.3 Å². The summed E-state index contributed by atoms with van der Waals surface area (Å²) in [7, 11) is 2.95. The van der Waals surface area contributed by atoms with Crippen molar-refractivity contribution < 1.29 is 19.4 Å². The van der Waals surface area contributed by atoms with Crippen LogP contribution in [0.5, 0.6) is 5.75 Å². The average Bonchev–Trinajstić information content (AvgIpc) is 2.68. The first-order valence-corrected chi connectivity index (χ1v) is 9.15. The highest BCUT2D eigenvalue weighted by molar-refractivity contribution is 5.72. The first-order chi connectivity index (χ1) is 13.4. The van der Waals surface area contributed by atoms with E-state index in [1.54, 1.807) is 7.11 Å². The molecule has 152 valence electrons. The van der Waals surface area contributed by atoms with Crippen LogP contribution in [0.4, 0.5) is 11.8 Å². The van der Waals surface area contributed by atoms with E-state index in [1.807, 2.05) is 32.0 Å². The minimum atomic E-state index is -0.475. The SMILES string of the molecule is CC[C@H](O)CNc1nc(N)nc(C)c1Cc1ccc(CC(=O)OC)cc1OC. The summed E-state index contributed by atoms with van der Waals surface area (Å²) in [5.41, 5.74) is 9.16. The van der Waals surface area contributed by atoms with Gasteiger partial charge in [0.25, 0.3) is 0 Å². The molecule has 0 aliphatic rings. The molecule has 0 fully saturated rings. The van der Waals surface area contributed by atoms with E-state index in [0.29, 0.717) is 31.0 Å². The number of esters is 1. The van der Waals surface area contributed by atoms with Crippen LogP contribution >= 0.6 is 0 Å². The summed E-state index contributed by atoms with van der Waals surface area (Å²) in [6.07, 6.45) is 0.852. The summed E-state index contributed by atoms with van der Waals surface area (Å²) in [5, 5.41) is 13.0. The number of carbonyl (C=O) groups excluding carboxylic acids is 1. The standard InChI is InChI=1S/C20H28N4O4/c1-5-15(25)11-22-19-16(12(2)23-20(21)24-19)10-14-7-6-13(8-17(14)27-3)9-18(26)28-4/h6-8,15,25H,5,9-11H2,1-4H3,(H3,21,22,23,24)/t15-/m0/s1. The Hall–Kier alpha value is -2.87. The number of nitrogens with zero attached hydrogens (tertiary/aromatic N) is 2. The summed E-state index contributed by atoms with van der Waals surface area (Å²) in [6.45, 7) is 4.15. The molecule has 2 rings (SSSR count). The number of nitrogens with one attached hydrogen (secondary N) is 1. The number of methoxy groups -OCH3 is 2. The number of aryl methyl sites for hydroxylation is 1. The number of aliphatic hydroxyl groups is 1. The smallest absolute Gasteiger partial charge is 0.309 e. The number of nitrogen functional groups attached to an aromatic ring is 1.